The summed E-state index contributed by atoms with van der Waals surface area (Å²) in [5.41, 5.74) is 5.39. The molecule has 0 aliphatic heterocycles. The lowest BCUT2D eigenvalue weighted by Gasteiger charge is -2.20. The van der Waals surface area contributed by atoms with Gasteiger partial charge in [0.05, 0.1) is 19.3 Å². The van der Waals surface area contributed by atoms with E-state index in [1.54, 1.807) is 0 Å². The SMILES string of the molecule is COC(=O)c1cc(-c2cccc(OCCCO)c2)cc(NC2CCCC2)c1C=C(C)C. The van der Waals surface area contributed by atoms with Gasteiger partial charge in [0.1, 0.15) is 5.75 Å². The van der Waals surface area contributed by atoms with Gasteiger partial charge in [-0.3, -0.25) is 0 Å². The van der Waals surface area contributed by atoms with E-state index in [0.717, 1.165) is 46.5 Å². The fourth-order valence-corrected chi connectivity index (χ4v) is 3.97. The lowest BCUT2D eigenvalue weighted by atomic mass is 9.95. The quantitative estimate of drug-likeness (QED) is 0.401. The smallest absolute Gasteiger partial charge is 0.338 e. The zero-order valence-electron chi connectivity index (χ0n) is 18.7. The Morgan fingerprint density at radius 1 is 1.16 bits per heavy atom. The van der Waals surface area contributed by atoms with E-state index in [4.69, 9.17) is 14.6 Å². The first-order chi connectivity index (χ1) is 15.0. The number of hydrogen-bond acceptors (Lipinski definition) is 5. The van der Waals surface area contributed by atoms with E-state index in [9.17, 15) is 4.79 Å². The summed E-state index contributed by atoms with van der Waals surface area (Å²) in [4.78, 5) is 12.7. The van der Waals surface area contributed by atoms with Gasteiger partial charge in [0.2, 0.25) is 0 Å². The second-order valence-electron chi connectivity index (χ2n) is 8.28. The van der Waals surface area contributed by atoms with E-state index in [0.29, 0.717) is 24.6 Å². The van der Waals surface area contributed by atoms with Crippen molar-refractivity contribution in [2.75, 3.05) is 25.6 Å². The van der Waals surface area contributed by atoms with E-state index >= 15 is 0 Å². The topological polar surface area (TPSA) is 67.8 Å². The van der Waals surface area contributed by atoms with Crippen LogP contribution in [0.5, 0.6) is 5.75 Å². The summed E-state index contributed by atoms with van der Waals surface area (Å²) in [5.74, 6) is 0.392. The maximum absolute atomic E-state index is 12.7. The van der Waals surface area contributed by atoms with Gasteiger partial charge in [-0.15, -0.1) is 0 Å². The van der Waals surface area contributed by atoms with Crippen molar-refractivity contribution >= 4 is 17.7 Å². The Hall–Kier alpha value is -2.79. The van der Waals surface area contributed by atoms with Gasteiger partial charge in [-0.1, -0.05) is 36.6 Å². The molecule has 5 heteroatoms. The lowest BCUT2D eigenvalue weighted by Crippen LogP contribution is -2.17. The number of allylic oxidation sites excluding steroid dienone is 1. The van der Waals surface area contributed by atoms with E-state index in [-0.39, 0.29) is 12.6 Å². The molecule has 0 saturated heterocycles. The molecule has 2 N–H and O–H groups in total. The summed E-state index contributed by atoms with van der Waals surface area (Å²) in [6, 6.07) is 12.2. The standard InChI is InChI=1S/C26H33NO4/c1-18(2)14-23-24(26(29)30-3)16-20(17-25(23)27-21-9-4-5-10-21)19-8-6-11-22(15-19)31-13-7-12-28/h6,8,11,14-17,21,27-28H,4-5,7,9-10,12-13H2,1-3H3. The van der Waals surface area contributed by atoms with Gasteiger partial charge in [-0.2, -0.15) is 0 Å². The molecule has 2 aromatic carbocycles. The number of carbonyl (C=O) groups is 1. The third kappa shape index (κ3) is 6.11. The molecule has 1 aliphatic rings. The molecule has 166 valence electrons. The predicted octanol–water partition coefficient (Wildman–Crippen LogP) is 5.68. The molecule has 5 nitrogen and oxygen atoms in total. The number of rotatable bonds is 9. The summed E-state index contributed by atoms with van der Waals surface area (Å²) in [7, 11) is 1.42. The van der Waals surface area contributed by atoms with Crippen molar-refractivity contribution in [3.63, 3.8) is 0 Å². The number of aliphatic hydroxyl groups is 1. The second-order valence-corrected chi connectivity index (χ2v) is 8.28. The Labute approximate surface area is 185 Å². The van der Waals surface area contributed by atoms with E-state index in [1.807, 2.05) is 50.3 Å². The van der Waals surface area contributed by atoms with Crippen molar-refractivity contribution in [1.82, 2.24) is 0 Å². The van der Waals surface area contributed by atoms with Gasteiger partial charge < -0.3 is 19.9 Å². The first kappa shape index (κ1) is 22.9. The van der Waals surface area contributed by atoms with Crippen LogP contribution in [0, 0.1) is 0 Å². The maximum atomic E-state index is 12.7. The van der Waals surface area contributed by atoms with Gasteiger partial charge in [-0.05, 0) is 62.1 Å². The summed E-state index contributed by atoms with van der Waals surface area (Å²) in [6.07, 6.45) is 7.37. The number of aliphatic hydroxyl groups excluding tert-OH is 1. The highest BCUT2D eigenvalue weighted by Crippen LogP contribution is 2.34. The van der Waals surface area contributed by atoms with Crippen LogP contribution in [0.25, 0.3) is 17.2 Å². The Morgan fingerprint density at radius 2 is 1.94 bits per heavy atom. The van der Waals surface area contributed by atoms with Crippen LogP contribution in [0.15, 0.2) is 42.0 Å². The summed E-state index contributed by atoms with van der Waals surface area (Å²) in [6.45, 7) is 4.62. The number of hydrogen-bond donors (Lipinski definition) is 2. The Morgan fingerprint density at radius 3 is 2.61 bits per heavy atom. The summed E-state index contributed by atoms with van der Waals surface area (Å²) < 4.78 is 10.9. The van der Waals surface area contributed by atoms with Crippen molar-refractivity contribution in [3.05, 3.63) is 53.1 Å². The highest BCUT2D eigenvalue weighted by molar-refractivity contribution is 5.98. The molecule has 0 unspecified atom stereocenters. The van der Waals surface area contributed by atoms with Gasteiger partial charge in [-0.25, -0.2) is 4.79 Å². The predicted molar refractivity (Wildman–Crippen MR) is 126 cm³/mol. The maximum Gasteiger partial charge on any atom is 0.338 e. The molecular weight excluding hydrogens is 390 g/mol. The average molecular weight is 424 g/mol. The Kier molecular flexibility index (Phi) is 8.13. The van der Waals surface area contributed by atoms with Crippen LogP contribution in [0.3, 0.4) is 0 Å². The molecule has 3 rings (SSSR count). The van der Waals surface area contributed by atoms with Gasteiger partial charge in [0.15, 0.2) is 0 Å². The molecular formula is C26H33NO4. The van der Waals surface area contributed by atoms with E-state index in [1.165, 1.54) is 20.0 Å². The van der Waals surface area contributed by atoms with Crippen LogP contribution >= 0.6 is 0 Å². The second kappa shape index (κ2) is 11.0. The number of esters is 1. The van der Waals surface area contributed by atoms with Gasteiger partial charge in [0.25, 0.3) is 0 Å². The average Bonchev–Trinajstić information content (AvgIpc) is 3.27. The zero-order valence-corrected chi connectivity index (χ0v) is 18.7. The fourth-order valence-electron chi connectivity index (χ4n) is 3.97. The minimum absolute atomic E-state index is 0.101. The zero-order chi connectivity index (χ0) is 22.2. The third-order valence-electron chi connectivity index (χ3n) is 5.47. The molecule has 0 heterocycles. The van der Waals surface area contributed by atoms with Crippen LogP contribution in [0.4, 0.5) is 5.69 Å². The van der Waals surface area contributed by atoms with Gasteiger partial charge in [0, 0.05) is 30.3 Å². The molecule has 0 spiro atoms. The molecule has 0 bridgehead atoms. The molecule has 2 aromatic rings. The summed E-state index contributed by atoms with van der Waals surface area (Å²) >= 11 is 0. The first-order valence-electron chi connectivity index (χ1n) is 11.0. The number of ether oxygens (including phenoxy) is 2. The van der Waals surface area contributed by atoms with Crippen LogP contribution in [-0.2, 0) is 4.74 Å². The van der Waals surface area contributed by atoms with Crippen molar-refractivity contribution in [2.45, 2.75) is 52.0 Å². The highest BCUT2D eigenvalue weighted by atomic mass is 16.5. The van der Waals surface area contributed by atoms with Crippen molar-refractivity contribution in [3.8, 4) is 16.9 Å². The third-order valence-corrected chi connectivity index (χ3v) is 5.47. The minimum Gasteiger partial charge on any atom is -0.493 e. The van der Waals surface area contributed by atoms with E-state index in [2.05, 4.69) is 11.4 Å². The number of carbonyl (C=O) groups excluding carboxylic acids is 1. The highest BCUT2D eigenvalue weighted by Gasteiger charge is 2.21. The van der Waals surface area contributed by atoms with Crippen molar-refractivity contribution < 1.29 is 19.4 Å². The largest absolute Gasteiger partial charge is 0.493 e. The molecule has 1 aliphatic carbocycles. The molecule has 0 radical (unpaired) electrons. The molecule has 0 amide bonds. The van der Waals surface area contributed by atoms with Crippen LogP contribution in [0.1, 0.15) is 61.9 Å². The Bertz CT molecular complexity index is 925. The van der Waals surface area contributed by atoms with Crippen LogP contribution in [-0.4, -0.2) is 37.4 Å². The van der Waals surface area contributed by atoms with Gasteiger partial charge >= 0.3 is 5.97 Å². The van der Waals surface area contributed by atoms with Crippen LogP contribution < -0.4 is 10.1 Å². The number of methoxy groups -OCH3 is 1. The normalized spacial score (nSPS) is 13.7. The fraction of sp³-hybridized carbons (Fsp3) is 0.423. The first-order valence-corrected chi connectivity index (χ1v) is 11.0. The van der Waals surface area contributed by atoms with Crippen molar-refractivity contribution in [2.24, 2.45) is 0 Å². The molecule has 0 aromatic heterocycles. The minimum atomic E-state index is -0.348. The molecule has 31 heavy (non-hydrogen) atoms. The molecule has 1 fully saturated rings. The Balaban J connectivity index is 2.07. The number of benzene rings is 2. The molecule has 1 saturated carbocycles. The monoisotopic (exact) mass is 423 g/mol. The lowest BCUT2D eigenvalue weighted by molar-refractivity contribution is 0.0600. The number of nitrogens with one attached hydrogen (secondary N) is 1. The number of anilines is 1. The summed E-state index contributed by atoms with van der Waals surface area (Å²) in [5, 5.41) is 12.7. The molecule has 0 atom stereocenters. The van der Waals surface area contributed by atoms with Crippen molar-refractivity contribution in [1.29, 1.82) is 0 Å². The van der Waals surface area contributed by atoms with E-state index < -0.39 is 0 Å². The van der Waals surface area contributed by atoms with Crippen LogP contribution in [0.2, 0.25) is 0 Å².